The Kier molecular flexibility index (Phi) is 10.2. The van der Waals surface area contributed by atoms with Crippen molar-refractivity contribution in [3.05, 3.63) is 101 Å². The predicted molar refractivity (Wildman–Crippen MR) is 179 cm³/mol. The third-order valence-corrected chi connectivity index (χ3v) is 9.49. The minimum atomic E-state index is -0.671. The van der Waals surface area contributed by atoms with Crippen molar-refractivity contribution in [2.24, 2.45) is 0 Å². The Bertz CT molecular complexity index is 1680. The van der Waals surface area contributed by atoms with Crippen molar-refractivity contribution in [2.75, 3.05) is 25.9 Å². The number of rotatable bonds is 12. The summed E-state index contributed by atoms with van der Waals surface area (Å²) >= 11 is 0. The Balaban J connectivity index is 1.04. The van der Waals surface area contributed by atoms with E-state index in [2.05, 4.69) is 69.7 Å². The number of nitrogens with one attached hydrogen (secondary N) is 1. The average molecular weight is 640 g/mol. The molecule has 0 bridgehead atoms. The number of nitrogen functional groups attached to an aromatic ring is 1. The topological polar surface area (TPSA) is 134 Å². The number of hydrogen-bond acceptors (Lipinski definition) is 8. The van der Waals surface area contributed by atoms with Crippen LogP contribution >= 0.6 is 0 Å². The van der Waals surface area contributed by atoms with Gasteiger partial charge in [0.25, 0.3) is 5.91 Å². The molecule has 2 aliphatic rings. The number of nitrogens with zero attached hydrogens (tertiary/aromatic N) is 3. The van der Waals surface area contributed by atoms with E-state index < -0.39 is 12.1 Å². The van der Waals surface area contributed by atoms with E-state index in [1.165, 1.54) is 29.0 Å². The van der Waals surface area contributed by atoms with Gasteiger partial charge >= 0.3 is 0 Å². The number of halogens is 1. The molecule has 9 nitrogen and oxygen atoms in total. The van der Waals surface area contributed by atoms with Crippen LogP contribution in [0.5, 0.6) is 0 Å². The molecule has 2 heterocycles. The van der Waals surface area contributed by atoms with Crippen molar-refractivity contribution >= 4 is 11.7 Å². The number of aromatic nitrogens is 2. The lowest BCUT2D eigenvalue weighted by atomic mass is 9.98. The first-order valence-corrected chi connectivity index (χ1v) is 16.3. The lowest BCUT2D eigenvalue weighted by Crippen LogP contribution is -2.41. The number of aliphatic hydroxyl groups excluding tert-OH is 2. The molecule has 2 aromatic carbocycles. The van der Waals surface area contributed by atoms with Crippen LogP contribution in [0.25, 0.3) is 22.3 Å². The smallest absolute Gasteiger partial charge is 0.255 e. The zero-order valence-corrected chi connectivity index (χ0v) is 26.6. The zero-order chi connectivity index (χ0) is 32.9. The summed E-state index contributed by atoms with van der Waals surface area (Å²) in [6.07, 6.45) is 7.39. The predicted octanol–water partition coefficient (Wildman–Crippen LogP) is 5.06. The minimum Gasteiger partial charge on any atom is -0.394 e. The number of nitrogens with two attached hydrogens (primary N) is 1. The van der Waals surface area contributed by atoms with E-state index in [0.29, 0.717) is 30.2 Å². The number of aryl methyl sites for hydroxylation is 1. The van der Waals surface area contributed by atoms with Gasteiger partial charge in [0.15, 0.2) is 0 Å². The molecule has 6 rings (SSSR count). The molecule has 4 aromatic rings. The molecule has 2 aliphatic carbocycles. The molecule has 5 N–H and O–H groups in total. The Morgan fingerprint density at radius 3 is 2.55 bits per heavy atom. The van der Waals surface area contributed by atoms with Crippen molar-refractivity contribution in [3.63, 3.8) is 0 Å². The average Bonchev–Trinajstić information content (AvgIpc) is 3.73. The van der Waals surface area contributed by atoms with Crippen LogP contribution in [-0.2, 0) is 17.8 Å². The quantitative estimate of drug-likeness (QED) is 0.158. The minimum absolute atomic E-state index is 0.119. The highest BCUT2D eigenvalue weighted by Crippen LogP contribution is 2.37. The van der Waals surface area contributed by atoms with Crippen molar-refractivity contribution in [1.82, 2.24) is 20.2 Å². The first-order chi connectivity index (χ1) is 22.8. The molecule has 1 saturated carbocycles. The molecule has 0 aliphatic heterocycles. The van der Waals surface area contributed by atoms with Gasteiger partial charge in [-0.1, -0.05) is 42.5 Å². The molecule has 246 valence electrons. The van der Waals surface area contributed by atoms with Crippen LogP contribution in [0.4, 0.5) is 10.2 Å². The molecule has 10 heteroatoms. The highest BCUT2D eigenvalue weighted by Gasteiger charge is 2.30. The van der Waals surface area contributed by atoms with Gasteiger partial charge in [-0.05, 0) is 91.6 Å². The highest BCUT2D eigenvalue weighted by atomic mass is 19.1. The molecule has 1 amide bonds. The fraction of sp³-hybridized carbons (Fsp3) is 0.378. The van der Waals surface area contributed by atoms with Crippen LogP contribution in [0.1, 0.15) is 65.2 Å². The van der Waals surface area contributed by atoms with E-state index in [1.54, 1.807) is 18.3 Å². The van der Waals surface area contributed by atoms with Crippen LogP contribution in [0.15, 0.2) is 73.1 Å². The number of aliphatic hydroxyl groups is 2. The molecule has 0 radical (unpaired) electrons. The normalized spacial score (nSPS) is 19.6. The van der Waals surface area contributed by atoms with Crippen molar-refractivity contribution in [1.29, 1.82) is 0 Å². The Morgan fingerprint density at radius 1 is 1.02 bits per heavy atom. The van der Waals surface area contributed by atoms with Crippen molar-refractivity contribution in [2.45, 2.75) is 69.4 Å². The third-order valence-electron chi connectivity index (χ3n) is 9.49. The fourth-order valence-electron chi connectivity index (χ4n) is 6.73. The maximum Gasteiger partial charge on any atom is 0.255 e. The van der Waals surface area contributed by atoms with Crippen LogP contribution in [0.3, 0.4) is 0 Å². The number of benzene rings is 2. The highest BCUT2D eigenvalue weighted by molar-refractivity contribution is 5.99. The number of carbonyl (C=O) groups excluding carboxylic acids is 1. The first kappa shape index (κ1) is 32.7. The fourth-order valence-corrected chi connectivity index (χ4v) is 6.73. The number of fused-ring (bicyclic) bond motifs is 1. The second-order valence-electron chi connectivity index (χ2n) is 12.7. The number of pyridine rings is 2. The molecule has 0 saturated heterocycles. The van der Waals surface area contributed by atoms with Gasteiger partial charge in [0.05, 0.1) is 37.0 Å². The molecule has 2 unspecified atom stereocenters. The van der Waals surface area contributed by atoms with Gasteiger partial charge in [-0.25, -0.2) is 9.97 Å². The zero-order valence-electron chi connectivity index (χ0n) is 26.6. The summed E-state index contributed by atoms with van der Waals surface area (Å²) in [6, 6.07) is 19.8. The summed E-state index contributed by atoms with van der Waals surface area (Å²) in [7, 11) is 2.08. The van der Waals surface area contributed by atoms with E-state index in [0.717, 1.165) is 49.8 Å². The largest absolute Gasteiger partial charge is 0.394 e. The monoisotopic (exact) mass is 639 g/mol. The van der Waals surface area contributed by atoms with Gasteiger partial charge in [0, 0.05) is 36.1 Å². The van der Waals surface area contributed by atoms with Gasteiger partial charge in [0.1, 0.15) is 5.82 Å². The van der Waals surface area contributed by atoms with Crippen LogP contribution in [-0.4, -0.2) is 69.4 Å². The van der Waals surface area contributed by atoms with E-state index in [9.17, 15) is 14.3 Å². The summed E-state index contributed by atoms with van der Waals surface area (Å²) < 4.78 is 19.6. The number of anilines is 1. The van der Waals surface area contributed by atoms with Gasteiger partial charge in [-0.2, -0.15) is 4.39 Å². The summed E-state index contributed by atoms with van der Waals surface area (Å²) in [5.74, 6) is -0.766. The van der Waals surface area contributed by atoms with Crippen LogP contribution < -0.4 is 11.1 Å². The number of ether oxygens (including phenoxy) is 1. The third kappa shape index (κ3) is 7.68. The lowest BCUT2D eigenvalue weighted by Gasteiger charge is -2.26. The Labute approximate surface area is 274 Å². The summed E-state index contributed by atoms with van der Waals surface area (Å²) in [5.41, 5.74) is 13.7. The molecule has 47 heavy (non-hydrogen) atoms. The Hall–Kier alpha value is -4.22. The van der Waals surface area contributed by atoms with Gasteiger partial charge in [0.2, 0.25) is 5.95 Å². The standard InChI is InChI=1S/C37H42FN5O4/c1-43(16-15-29(45)21-44)33-13-10-26-17-25(9-12-30(26)33)24-7-5-23(6-8-24)22-47-34-4-2-3-32(34)42-37(46)31-18-28(20-41-36(31)39)27-11-14-35(38)40-19-27/h5-9,11-12,14,17-20,29,32-34,44-45H,2-4,10,13,15-16,21-22H2,1H3,(H2,39,41)(H,42,46)/t29?,32-,33?,34-/m0/s1. The van der Waals surface area contributed by atoms with Gasteiger partial charge in [-0.3, -0.25) is 9.69 Å². The second-order valence-corrected chi connectivity index (χ2v) is 12.7. The van der Waals surface area contributed by atoms with Crippen molar-refractivity contribution in [3.8, 4) is 22.3 Å². The van der Waals surface area contributed by atoms with Gasteiger partial charge in [-0.15, -0.1) is 0 Å². The van der Waals surface area contributed by atoms with Crippen LogP contribution in [0.2, 0.25) is 0 Å². The maximum absolute atomic E-state index is 13.3. The summed E-state index contributed by atoms with van der Waals surface area (Å²) in [5, 5.41) is 22.0. The Morgan fingerprint density at radius 2 is 1.79 bits per heavy atom. The van der Waals surface area contributed by atoms with E-state index >= 15 is 0 Å². The molecule has 4 atom stereocenters. The lowest BCUT2D eigenvalue weighted by molar-refractivity contribution is 0.0272. The van der Waals surface area contributed by atoms with Crippen molar-refractivity contribution < 1.29 is 24.1 Å². The summed E-state index contributed by atoms with van der Waals surface area (Å²) in [4.78, 5) is 23.4. The molecule has 2 aromatic heterocycles. The molecular weight excluding hydrogens is 597 g/mol. The second kappa shape index (κ2) is 14.7. The SMILES string of the molecule is CN(CCC(O)CO)C1CCc2cc(-c3ccc(CO[C@H]4CCC[C@@H]4NC(=O)c4cc(-c5ccc(F)nc5)cnc4N)cc3)ccc21. The molecule has 0 spiro atoms. The number of hydrogen-bond donors (Lipinski definition) is 4. The van der Waals surface area contributed by atoms with E-state index in [1.807, 2.05) is 0 Å². The summed E-state index contributed by atoms with van der Waals surface area (Å²) in [6.45, 7) is 0.978. The maximum atomic E-state index is 13.3. The van der Waals surface area contributed by atoms with E-state index in [-0.39, 0.29) is 36.0 Å². The number of carbonyl (C=O) groups is 1. The van der Waals surface area contributed by atoms with Gasteiger partial charge < -0.3 is 26.0 Å². The van der Waals surface area contributed by atoms with E-state index in [4.69, 9.17) is 15.6 Å². The molecular formula is C37H42FN5O4. The molecule has 1 fully saturated rings. The number of amides is 1. The first-order valence-electron chi connectivity index (χ1n) is 16.3. The van der Waals surface area contributed by atoms with Crippen LogP contribution in [0, 0.1) is 5.95 Å².